The first-order chi connectivity index (χ1) is 11.5. The Kier molecular flexibility index (Phi) is 4.80. The Morgan fingerprint density at radius 3 is 2.46 bits per heavy atom. The first kappa shape index (κ1) is 16.4. The Bertz CT molecular complexity index is 763. The maximum atomic E-state index is 12.4. The number of nitrogens with two attached hydrogens (primary N) is 1. The molecule has 0 radical (unpaired) electrons. The molecule has 2 aromatic carbocycles. The standard InChI is InChI=1S/C17H17ClN4O2/c18-13-4-2-1-3-12(13)14-9-15(22-21-14)17(24)20-11-7-5-10(6-8-11)16(19)23/h1-8,14-15,21-22H,9H2,(H2,19,23)(H,20,24). The molecule has 1 aliphatic rings. The van der Waals surface area contributed by atoms with E-state index in [1.807, 2.05) is 24.3 Å². The SMILES string of the molecule is NC(=O)c1ccc(NC(=O)C2CC(c3ccccc3Cl)NN2)cc1. The van der Waals surface area contributed by atoms with Gasteiger partial charge in [-0.05, 0) is 42.3 Å². The van der Waals surface area contributed by atoms with E-state index in [9.17, 15) is 9.59 Å². The van der Waals surface area contributed by atoms with E-state index in [0.717, 1.165) is 5.56 Å². The molecule has 124 valence electrons. The monoisotopic (exact) mass is 344 g/mol. The number of anilines is 1. The van der Waals surface area contributed by atoms with Gasteiger partial charge in [-0.2, -0.15) is 0 Å². The van der Waals surface area contributed by atoms with E-state index < -0.39 is 5.91 Å². The summed E-state index contributed by atoms with van der Waals surface area (Å²) in [6, 6.07) is 13.6. The molecule has 1 fully saturated rings. The van der Waals surface area contributed by atoms with E-state index in [4.69, 9.17) is 17.3 Å². The summed E-state index contributed by atoms with van der Waals surface area (Å²) in [5, 5.41) is 3.48. The maximum Gasteiger partial charge on any atom is 0.248 e. The fourth-order valence-electron chi connectivity index (χ4n) is 2.64. The second-order valence-electron chi connectivity index (χ2n) is 5.58. The average Bonchev–Trinajstić information content (AvgIpc) is 3.05. The number of hydrogen-bond acceptors (Lipinski definition) is 4. The number of carbonyl (C=O) groups excluding carboxylic acids is 2. The van der Waals surface area contributed by atoms with Crippen molar-refractivity contribution in [1.82, 2.24) is 10.9 Å². The van der Waals surface area contributed by atoms with E-state index in [-0.39, 0.29) is 18.0 Å². The number of halogens is 1. The van der Waals surface area contributed by atoms with Gasteiger partial charge in [0.25, 0.3) is 0 Å². The Morgan fingerprint density at radius 1 is 1.08 bits per heavy atom. The first-order valence-corrected chi connectivity index (χ1v) is 7.88. The fourth-order valence-corrected chi connectivity index (χ4v) is 2.90. The summed E-state index contributed by atoms with van der Waals surface area (Å²) in [4.78, 5) is 23.4. The van der Waals surface area contributed by atoms with Crippen molar-refractivity contribution >= 4 is 29.1 Å². The minimum Gasteiger partial charge on any atom is -0.366 e. The van der Waals surface area contributed by atoms with E-state index >= 15 is 0 Å². The van der Waals surface area contributed by atoms with Crippen molar-refractivity contribution in [3.05, 3.63) is 64.7 Å². The van der Waals surface area contributed by atoms with Gasteiger partial charge in [0.05, 0.1) is 0 Å². The van der Waals surface area contributed by atoms with Gasteiger partial charge in [0, 0.05) is 22.3 Å². The van der Waals surface area contributed by atoms with Crippen LogP contribution in [0.25, 0.3) is 0 Å². The first-order valence-electron chi connectivity index (χ1n) is 7.51. The fraction of sp³-hybridized carbons (Fsp3) is 0.176. The summed E-state index contributed by atoms with van der Waals surface area (Å²) in [7, 11) is 0. The van der Waals surface area contributed by atoms with Crippen molar-refractivity contribution in [2.75, 3.05) is 5.32 Å². The minimum absolute atomic E-state index is 0.0355. The number of nitrogens with one attached hydrogen (secondary N) is 3. The molecule has 1 heterocycles. The van der Waals surface area contributed by atoms with Crippen molar-refractivity contribution in [2.24, 2.45) is 5.73 Å². The van der Waals surface area contributed by atoms with Crippen LogP contribution in [-0.2, 0) is 4.79 Å². The number of primary amides is 1. The molecule has 0 aliphatic carbocycles. The predicted octanol–water partition coefficient (Wildman–Crippen LogP) is 1.99. The number of hydrazine groups is 1. The van der Waals surface area contributed by atoms with Gasteiger partial charge in [0.1, 0.15) is 6.04 Å². The molecule has 0 spiro atoms. The number of benzene rings is 2. The molecule has 24 heavy (non-hydrogen) atoms. The Hall–Kier alpha value is -2.41. The number of rotatable bonds is 4. The number of amides is 2. The van der Waals surface area contributed by atoms with Crippen LogP contribution in [0.1, 0.15) is 28.4 Å². The quantitative estimate of drug-likeness (QED) is 0.682. The van der Waals surface area contributed by atoms with E-state index in [1.165, 1.54) is 0 Å². The lowest BCUT2D eigenvalue weighted by atomic mass is 10.0. The number of carbonyl (C=O) groups is 2. The normalized spacial score (nSPS) is 19.9. The van der Waals surface area contributed by atoms with Gasteiger partial charge in [0.2, 0.25) is 11.8 Å². The number of hydrogen-bond donors (Lipinski definition) is 4. The van der Waals surface area contributed by atoms with Gasteiger partial charge in [-0.15, -0.1) is 0 Å². The molecule has 3 rings (SSSR count). The Labute approximate surface area is 144 Å². The van der Waals surface area contributed by atoms with Crippen LogP contribution < -0.4 is 21.9 Å². The van der Waals surface area contributed by atoms with Crippen LogP contribution >= 0.6 is 11.6 Å². The van der Waals surface area contributed by atoms with Crippen molar-refractivity contribution in [3.63, 3.8) is 0 Å². The average molecular weight is 345 g/mol. The second kappa shape index (κ2) is 7.00. The highest BCUT2D eigenvalue weighted by Crippen LogP contribution is 2.28. The van der Waals surface area contributed by atoms with Crippen molar-refractivity contribution in [2.45, 2.75) is 18.5 Å². The van der Waals surface area contributed by atoms with Crippen LogP contribution in [0.5, 0.6) is 0 Å². The second-order valence-corrected chi connectivity index (χ2v) is 5.99. The van der Waals surface area contributed by atoms with Gasteiger partial charge >= 0.3 is 0 Å². The predicted molar refractivity (Wildman–Crippen MR) is 92.5 cm³/mol. The van der Waals surface area contributed by atoms with E-state index in [2.05, 4.69) is 16.2 Å². The topological polar surface area (TPSA) is 96.2 Å². The van der Waals surface area contributed by atoms with E-state index in [0.29, 0.717) is 22.7 Å². The van der Waals surface area contributed by atoms with Gasteiger partial charge in [-0.25, -0.2) is 10.9 Å². The molecule has 2 unspecified atom stereocenters. The van der Waals surface area contributed by atoms with Crippen LogP contribution in [0.3, 0.4) is 0 Å². The van der Waals surface area contributed by atoms with Crippen LogP contribution in [-0.4, -0.2) is 17.9 Å². The summed E-state index contributed by atoms with van der Waals surface area (Å²) in [6.45, 7) is 0. The van der Waals surface area contributed by atoms with E-state index in [1.54, 1.807) is 24.3 Å². The largest absolute Gasteiger partial charge is 0.366 e. The molecule has 0 aromatic heterocycles. The van der Waals surface area contributed by atoms with Crippen molar-refractivity contribution in [3.8, 4) is 0 Å². The van der Waals surface area contributed by atoms with Gasteiger partial charge in [-0.1, -0.05) is 29.8 Å². The molecule has 5 N–H and O–H groups in total. The highest BCUT2D eigenvalue weighted by atomic mass is 35.5. The molecule has 1 saturated heterocycles. The molecule has 2 aromatic rings. The molecule has 1 aliphatic heterocycles. The highest BCUT2D eigenvalue weighted by Gasteiger charge is 2.31. The lowest BCUT2D eigenvalue weighted by molar-refractivity contribution is -0.117. The van der Waals surface area contributed by atoms with Crippen LogP contribution in [0.2, 0.25) is 5.02 Å². The highest BCUT2D eigenvalue weighted by molar-refractivity contribution is 6.31. The molecule has 7 heteroatoms. The summed E-state index contributed by atoms with van der Waals surface area (Å²) < 4.78 is 0. The third-order valence-corrected chi connectivity index (χ3v) is 4.28. The summed E-state index contributed by atoms with van der Waals surface area (Å²) in [5.41, 5.74) is 13.2. The zero-order valence-electron chi connectivity index (χ0n) is 12.8. The lowest BCUT2D eigenvalue weighted by Gasteiger charge is -2.12. The van der Waals surface area contributed by atoms with Crippen LogP contribution in [0.4, 0.5) is 5.69 Å². The Balaban J connectivity index is 1.62. The zero-order valence-corrected chi connectivity index (χ0v) is 13.5. The van der Waals surface area contributed by atoms with Gasteiger partial charge in [-0.3, -0.25) is 9.59 Å². The summed E-state index contributed by atoms with van der Waals surface area (Å²) >= 11 is 6.20. The van der Waals surface area contributed by atoms with Crippen molar-refractivity contribution < 1.29 is 9.59 Å². The molecule has 2 amide bonds. The minimum atomic E-state index is -0.503. The van der Waals surface area contributed by atoms with Crippen LogP contribution in [0, 0.1) is 0 Å². The molecule has 2 atom stereocenters. The summed E-state index contributed by atoms with van der Waals surface area (Å²) in [6.07, 6.45) is 0.578. The van der Waals surface area contributed by atoms with Crippen molar-refractivity contribution in [1.29, 1.82) is 0 Å². The molecular weight excluding hydrogens is 328 g/mol. The zero-order chi connectivity index (χ0) is 17.1. The smallest absolute Gasteiger partial charge is 0.248 e. The molecule has 6 nitrogen and oxygen atoms in total. The maximum absolute atomic E-state index is 12.4. The lowest BCUT2D eigenvalue weighted by Crippen LogP contribution is -2.39. The van der Waals surface area contributed by atoms with Gasteiger partial charge in [0.15, 0.2) is 0 Å². The Morgan fingerprint density at radius 2 is 1.79 bits per heavy atom. The molecular formula is C17H17ClN4O2. The third kappa shape index (κ3) is 3.56. The van der Waals surface area contributed by atoms with Gasteiger partial charge < -0.3 is 11.1 Å². The molecule has 0 saturated carbocycles. The molecule has 0 bridgehead atoms. The third-order valence-electron chi connectivity index (χ3n) is 3.94. The summed E-state index contributed by atoms with van der Waals surface area (Å²) in [5.74, 6) is -0.666. The van der Waals surface area contributed by atoms with Crippen LogP contribution in [0.15, 0.2) is 48.5 Å².